The van der Waals surface area contributed by atoms with E-state index in [0.717, 1.165) is 12.1 Å². The summed E-state index contributed by atoms with van der Waals surface area (Å²) in [6.07, 6.45) is 0. The smallest absolute Gasteiger partial charge is 0.744 e. The monoisotopic (exact) mass is 322 g/mol. The van der Waals surface area contributed by atoms with Gasteiger partial charge in [-0.05, 0) is 36.4 Å². The van der Waals surface area contributed by atoms with Gasteiger partial charge in [-0.3, -0.25) is 0 Å². The van der Waals surface area contributed by atoms with E-state index >= 15 is 0 Å². The Hall–Kier alpha value is -1.87. The van der Waals surface area contributed by atoms with Gasteiger partial charge in [0.2, 0.25) is 0 Å². The topological polar surface area (TPSA) is 114 Å². The Morgan fingerprint density at radius 1 is 0.955 bits per heavy atom. The molecule has 0 atom stereocenters. The number of benzene rings is 2. The maximum Gasteiger partial charge on any atom is 1.00 e. The molecular weight excluding hydrogens is 315 g/mol. The van der Waals surface area contributed by atoms with Crippen molar-refractivity contribution in [3.63, 3.8) is 0 Å². The van der Waals surface area contributed by atoms with E-state index in [-0.39, 0.29) is 52.2 Å². The van der Waals surface area contributed by atoms with E-state index in [9.17, 15) is 13.0 Å². The maximum atomic E-state index is 10.9. The minimum absolute atomic E-state index is 0. The predicted molar refractivity (Wildman–Crippen MR) is 70.4 cm³/mol. The molecule has 0 aliphatic heterocycles. The second-order valence-corrected chi connectivity index (χ2v) is 5.34. The molecule has 0 radical (unpaired) electrons. The number of hydrogen-bond donors (Lipinski definition) is 0. The summed E-state index contributed by atoms with van der Waals surface area (Å²) < 4.78 is 38.2. The number of ether oxygens (including phenoxy) is 1. The van der Waals surface area contributed by atoms with E-state index in [0.29, 0.717) is 0 Å². The molecule has 0 heterocycles. The standard InChI is InChI=1S/C14H8N2O4S.Na/c15-8-10-4-5-13(6-11(10)9-16)20-12-2-1-3-14(7-12)21(17,18)19;/h1-7H,(H,17,18,19);/q;+1/p-1. The third-order valence-corrected chi connectivity index (χ3v) is 3.39. The Labute approximate surface area is 149 Å². The van der Waals surface area contributed by atoms with Crippen LogP contribution in [0.25, 0.3) is 0 Å². The van der Waals surface area contributed by atoms with Gasteiger partial charge in [0.1, 0.15) is 33.8 Å². The third kappa shape index (κ3) is 4.31. The van der Waals surface area contributed by atoms with E-state index in [4.69, 9.17) is 15.3 Å². The Morgan fingerprint density at radius 3 is 2.18 bits per heavy atom. The second-order valence-electron chi connectivity index (χ2n) is 3.96. The second kappa shape index (κ2) is 7.41. The van der Waals surface area contributed by atoms with E-state index in [1.807, 2.05) is 12.1 Å². The molecule has 0 saturated heterocycles. The molecular formula is C14H7N2NaO4S. The molecule has 0 aliphatic rings. The van der Waals surface area contributed by atoms with Crippen molar-refractivity contribution in [1.82, 2.24) is 0 Å². The molecule has 2 rings (SSSR count). The van der Waals surface area contributed by atoms with Crippen LogP contribution in [0, 0.1) is 22.7 Å². The van der Waals surface area contributed by atoms with Crippen LogP contribution in [0.15, 0.2) is 47.4 Å². The summed E-state index contributed by atoms with van der Waals surface area (Å²) in [5.41, 5.74) is 0.350. The van der Waals surface area contributed by atoms with Gasteiger partial charge in [-0.15, -0.1) is 0 Å². The predicted octanol–water partition coefficient (Wildman–Crippen LogP) is -0.870. The van der Waals surface area contributed by atoms with Gasteiger partial charge < -0.3 is 9.29 Å². The minimum atomic E-state index is -4.57. The van der Waals surface area contributed by atoms with Crippen LogP contribution >= 0.6 is 0 Å². The molecule has 0 saturated carbocycles. The number of nitrogens with zero attached hydrogens (tertiary/aromatic N) is 2. The first-order valence-electron chi connectivity index (χ1n) is 5.62. The van der Waals surface area contributed by atoms with Crippen molar-refractivity contribution >= 4 is 10.1 Å². The Morgan fingerprint density at radius 2 is 1.59 bits per heavy atom. The van der Waals surface area contributed by atoms with Crippen molar-refractivity contribution in [3.8, 4) is 23.6 Å². The van der Waals surface area contributed by atoms with Crippen LogP contribution in [0.3, 0.4) is 0 Å². The van der Waals surface area contributed by atoms with Gasteiger partial charge in [-0.25, -0.2) is 8.42 Å². The average Bonchev–Trinajstić information content (AvgIpc) is 2.46. The molecule has 0 amide bonds. The molecule has 8 heteroatoms. The molecule has 2 aromatic carbocycles. The molecule has 22 heavy (non-hydrogen) atoms. The average molecular weight is 322 g/mol. The first kappa shape index (κ1) is 18.2. The normalized spacial score (nSPS) is 9.95. The molecule has 0 spiro atoms. The van der Waals surface area contributed by atoms with Crippen molar-refractivity contribution in [2.24, 2.45) is 0 Å². The summed E-state index contributed by atoms with van der Waals surface area (Å²) in [6.45, 7) is 0. The number of rotatable bonds is 3. The first-order valence-corrected chi connectivity index (χ1v) is 7.03. The van der Waals surface area contributed by atoms with Crippen LogP contribution in [0.5, 0.6) is 11.5 Å². The number of nitriles is 2. The van der Waals surface area contributed by atoms with E-state index in [1.165, 1.54) is 30.3 Å². The summed E-state index contributed by atoms with van der Waals surface area (Å²) in [6, 6.07) is 13.1. The van der Waals surface area contributed by atoms with Crippen LogP contribution in [-0.4, -0.2) is 13.0 Å². The van der Waals surface area contributed by atoms with E-state index < -0.39 is 15.0 Å². The molecule has 0 aromatic heterocycles. The molecule has 6 nitrogen and oxygen atoms in total. The summed E-state index contributed by atoms with van der Waals surface area (Å²) >= 11 is 0. The molecule has 0 N–H and O–H groups in total. The van der Waals surface area contributed by atoms with Gasteiger partial charge in [0.05, 0.1) is 16.0 Å². The van der Waals surface area contributed by atoms with Crippen molar-refractivity contribution in [2.45, 2.75) is 4.90 Å². The fourth-order valence-corrected chi connectivity index (χ4v) is 2.11. The van der Waals surface area contributed by atoms with Gasteiger partial charge in [-0.2, -0.15) is 10.5 Å². The summed E-state index contributed by atoms with van der Waals surface area (Å²) in [5.74, 6) is 0.395. The maximum absolute atomic E-state index is 10.9. The Bertz CT molecular complexity index is 882. The molecule has 0 bridgehead atoms. The summed E-state index contributed by atoms with van der Waals surface area (Å²) in [4.78, 5) is -0.408. The Balaban J connectivity index is 0.00000242. The van der Waals surface area contributed by atoms with Crippen molar-refractivity contribution in [3.05, 3.63) is 53.6 Å². The minimum Gasteiger partial charge on any atom is -0.744 e. The number of hydrogen-bond acceptors (Lipinski definition) is 6. The van der Waals surface area contributed by atoms with Crippen molar-refractivity contribution < 1.29 is 47.3 Å². The van der Waals surface area contributed by atoms with Gasteiger partial charge in [-0.1, -0.05) is 6.07 Å². The SMILES string of the molecule is N#Cc1ccc(Oc2cccc(S(=O)(=O)[O-])c2)cc1C#N.[Na+]. The zero-order chi connectivity index (χ0) is 15.5. The van der Waals surface area contributed by atoms with Crippen molar-refractivity contribution in [1.29, 1.82) is 10.5 Å². The molecule has 2 aromatic rings. The van der Waals surface area contributed by atoms with E-state index in [2.05, 4.69) is 0 Å². The van der Waals surface area contributed by atoms with Crippen LogP contribution in [0.2, 0.25) is 0 Å². The fraction of sp³-hybridized carbons (Fsp3) is 0. The third-order valence-electron chi connectivity index (χ3n) is 2.56. The van der Waals surface area contributed by atoms with Gasteiger partial charge in [0, 0.05) is 0 Å². The molecule has 0 unspecified atom stereocenters. The quantitative estimate of drug-likeness (QED) is 0.536. The molecule has 104 valence electrons. The molecule has 0 fully saturated rings. The van der Waals surface area contributed by atoms with Crippen LogP contribution in [-0.2, 0) is 10.1 Å². The zero-order valence-corrected chi connectivity index (χ0v) is 14.3. The first-order chi connectivity index (χ1) is 9.94. The molecule has 0 aliphatic carbocycles. The largest absolute Gasteiger partial charge is 1.00 e. The van der Waals surface area contributed by atoms with Gasteiger partial charge in [0.15, 0.2) is 0 Å². The Kier molecular flexibility index (Phi) is 6.12. The van der Waals surface area contributed by atoms with Crippen LogP contribution in [0.1, 0.15) is 11.1 Å². The van der Waals surface area contributed by atoms with Gasteiger partial charge >= 0.3 is 29.6 Å². The van der Waals surface area contributed by atoms with Crippen LogP contribution < -0.4 is 34.3 Å². The van der Waals surface area contributed by atoms with Crippen molar-refractivity contribution in [2.75, 3.05) is 0 Å². The van der Waals surface area contributed by atoms with Gasteiger partial charge in [0.25, 0.3) is 0 Å². The summed E-state index contributed by atoms with van der Waals surface area (Å²) in [7, 11) is -4.57. The summed E-state index contributed by atoms with van der Waals surface area (Å²) in [5, 5.41) is 17.7. The fourth-order valence-electron chi connectivity index (χ4n) is 1.61. The van der Waals surface area contributed by atoms with E-state index in [1.54, 1.807) is 0 Å². The van der Waals surface area contributed by atoms with Crippen LogP contribution in [0.4, 0.5) is 0 Å². The zero-order valence-electron chi connectivity index (χ0n) is 11.5.